The van der Waals surface area contributed by atoms with Crippen LogP contribution < -0.4 is 0 Å². The highest BCUT2D eigenvalue weighted by Gasteiger charge is 2.42. The van der Waals surface area contributed by atoms with Crippen molar-refractivity contribution in [2.45, 2.75) is 19.1 Å². The second kappa shape index (κ2) is 5.33. The minimum Gasteiger partial charge on any atom is -0.296 e. The normalized spacial score (nSPS) is 35.8. The smallest absolute Gasteiger partial charge is 0.296 e. The standard InChI is InChI=1S/C13H17FNO3P/c14-19(16)17-10-12-6-7-15(9-13(12)18-19)8-11-4-2-1-3-5-11/h1-5,12-13H,6-10H2/t12-,13-,19-/m1/s1. The first-order valence-electron chi connectivity index (χ1n) is 6.51. The highest BCUT2D eigenvalue weighted by Crippen LogP contribution is 2.55. The molecule has 0 radical (unpaired) electrons. The number of halogens is 1. The predicted molar refractivity (Wildman–Crippen MR) is 69.4 cm³/mol. The van der Waals surface area contributed by atoms with Crippen LogP contribution >= 0.6 is 7.91 Å². The summed E-state index contributed by atoms with van der Waals surface area (Å²) in [5.74, 6) is 0.157. The van der Waals surface area contributed by atoms with Crippen LogP contribution in [-0.4, -0.2) is 30.7 Å². The van der Waals surface area contributed by atoms with Crippen molar-refractivity contribution >= 4 is 7.91 Å². The van der Waals surface area contributed by atoms with Gasteiger partial charge in [0.2, 0.25) is 0 Å². The summed E-state index contributed by atoms with van der Waals surface area (Å²) in [5.41, 5.74) is 1.22. The SMILES string of the molecule is O=[P@]1(F)OC[C@H]2CCN(Cc3ccccc3)C[C@H]2O1. The van der Waals surface area contributed by atoms with Gasteiger partial charge in [-0.1, -0.05) is 30.3 Å². The van der Waals surface area contributed by atoms with Gasteiger partial charge in [-0.2, -0.15) is 0 Å². The monoisotopic (exact) mass is 285 g/mol. The third kappa shape index (κ3) is 3.23. The lowest BCUT2D eigenvalue weighted by atomic mass is 9.94. The number of fused-ring (bicyclic) bond motifs is 1. The molecule has 0 unspecified atom stereocenters. The van der Waals surface area contributed by atoms with Gasteiger partial charge in [0.15, 0.2) is 0 Å². The van der Waals surface area contributed by atoms with Crippen molar-refractivity contribution in [3.05, 3.63) is 35.9 Å². The number of likely N-dealkylation sites (tertiary alicyclic amines) is 1. The molecular weight excluding hydrogens is 268 g/mol. The van der Waals surface area contributed by atoms with Crippen LogP contribution in [-0.2, 0) is 20.2 Å². The van der Waals surface area contributed by atoms with Gasteiger partial charge < -0.3 is 0 Å². The minimum absolute atomic E-state index is 0.157. The summed E-state index contributed by atoms with van der Waals surface area (Å²) >= 11 is 0. The highest BCUT2D eigenvalue weighted by atomic mass is 31.2. The van der Waals surface area contributed by atoms with Crippen LogP contribution in [0, 0.1) is 5.92 Å². The third-order valence-corrected chi connectivity index (χ3v) is 4.71. The van der Waals surface area contributed by atoms with Crippen molar-refractivity contribution in [1.29, 1.82) is 0 Å². The van der Waals surface area contributed by atoms with E-state index in [4.69, 9.17) is 4.52 Å². The van der Waals surface area contributed by atoms with Crippen LogP contribution in [0.2, 0.25) is 0 Å². The Kier molecular flexibility index (Phi) is 3.72. The fourth-order valence-corrected chi connectivity index (χ4v) is 3.69. The average Bonchev–Trinajstić information content (AvgIpc) is 2.38. The van der Waals surface area contributed by atoms with E-state index >= 15 is 0 Å². The van der Waals surface area contributed by atoms with Crippen molar-refractivity contribution < 1.29 is 17.8 Å². The molecule has 0 N–H and O–H groups in total. The molecule has 2 aliphatic rings. The molecule has 2 aliphatic heterocycles. The van der Waals surface area contributed by atoms with E-state index in [0.29, 0.717) is 6.54 Å². The van der Waals surface area contributed by atoms with Crippen LogP contribution in [0.15, 0.2) is 30.3 Å². The van der Waals surface area contributed by atoms with Gasteiger partial charge in [-0.25, -0.2) is 4.57 Å². The Bertz CT molecular complexity index is 484. The van der Waals surface area contributed by atoms with Crippen molar-refractivity contribution in [3.63, 3.8) is 0 Å². The van der Waals surface area contributed by atoms with Gasteiger partial charge in [-0.3, -0.25) is 13.9 Å². The molecule has 3 rings (SSSR count). The van der Waals surface area contributed by atoms with Crippen molar-refractivity contribution in [2.24, 2.45) is 5.92 Å². The Balaban J connectivity index is 1.63. The molecule has 1 aromatic rings. The van der Waals surface area contributed by atoms with Gasteiger partial charge in [-0.05, 0) is 18.5 Å². The minimum atomic E-state index is -4.31. The van der Waals surface area contributed by atoms with Gasteiger partial charge in [0.1, 0.15) is 0 Å². The van der Waals surface area contributed by atoms with E-state index in [1.807, 2.05) is 18.2 Å². The molecule has 0 aliphatic carbocycles. The number of piperidine rings is 1. The van der Waals surface area contributed by atoms with E-state index < -0.39 is 7.91 Å². The van der Waals surface area contributed by atoms with Crippen LogP contribution in [0.25, 0.3) is 0 Å². The topological polar surface area (TPSA) is 38.8 Å². The van der Waals surface area contributed by atoms with E-state index in [-0.39, 0.29) is 18.6 Å². The van der Waals surface area contributed by atoms with Crippen molar-refractivity contribution in [1.82, 2.24) is 4.90 Å². The van der Waals surface area contributed by atoms with Crippen LogP contribution in [0.5, 0.6) is 0 Å². The first kappa shape index (κ1) is 13.3. The molecule has 0 aromatic heterocycles. The van der Waals surface area contributed by atoms with Gasteiger partial charge in [-0.15, -0.1) is 4.20 Å². The fraction of sp³-hybridized carbons (Fsp3) is 0.538. The van der Waals surface area contributed by atoms with Gasteiger partial charge >= 0.3 is 7.91 Å². The zero-order chi connectivity index (χ0) is 13.3. The van der Waals surface area contributed by atoms with E-state index in [1.165, 1.54) is 5.56 Å². The first-order valence-corrected chi connectivity index (χ1v) is 7.95. The van der Waals surface area contributed by atoms with E-state index in [9.17, 15) is 8.76 Å². The van der Waals surface area contributed by atoms with Gasteiger partial charge in [0.05, 0.1) is 12.7 Å². The molecule has 2 heterocycles. The molecule has 2 fully saturated rings. The number of nitrogens with zero attached hydrogens (tertiary/aromatic N) is 1. The molecule has 3 atom stereocenters. The number of benzene rings is 1. The summed E-state index contributed by atoms with van der Waals surface area (Å²) in [6.45, 7) is 2.55. The van der Waals surface area contributed by atoms with Crippen molar-refractivity contribution in [3.8, 4) is 0 Å². The maximum absolute atomic E-state index is 13.3. The highest BCUT2D eigenvalue weighted by molar-refractivity contribution is 7.48. The second-order valence-corrected chi connectivity index (χ2v) is 6.47. The number of hydrogen-bond acceptors (Lipinski definition) is 4. The average molecular weight is 285 g/mol. The summed E-state index contributed by atoms with van der Waals surface area (Å²) < 4.78 is 34.1. The summed E-state index contributed by atoms with van der Waals surface area (Å²) in [5, 5.41) is 0. The first-order chi connectivity index (χ1) is 9.12. The molecule has 0 bridgehead atoms. The summed E-state index contributed by atoms with van der Waals surface area (Å²) in [6.07, 6.45) is 0.569. The van der Waals surface area contributed by atoms with E-state index in [1.54, 1.807) is 0 Å². The zero-order valence-electron chi connectivity index (χ0n) is 10.6. The lowest BCUT2D eigenvalue weighted by Crippen LogP contribution is -2.47. The van der Waals surface area contributed by atoms with Crippen molar-refractivity contribution in [2.75, 3.05) is 19.7 Å². The maximum atomic E-state index is 13.3. The lowest BCUT2D eigenvalue weighted by molar-refractivity contribution is -0.0378. The Morgan fingerprint density at radius 3 is 2.95 bits per heavy atom. The molecule has 0 spiro atoms. The molecular formula is C13H17FNO3P. The molecule has 0 amide bonds. The summed E-state index contributed by atoms with van der Waals surface area (Å²) in [7, 11) is -4.31. The van der Waals surface area contributed by atoms with Gasteiger partial charge in [0.25, 0.3) is 0 Å². The van der Waals surface area contributed by atoms with Gasteiger partial charge in [0, 0.05) is 19.0 Å². The Hall–Kier alpha value is -0.740. The quantitative estimate of drug-likeness (QED) is 0.783. The van der Waals surface area contributed by atoms with E-state index in [0.717, 1.165) is 19.5 Å². The summed E-state index contributed by atoms with van der Waals surface area (Å²) in [4.78, 5) is 2.21. The third-order valence-electron chi connectivity index (χ3n) is 3.73. The molecule has 1 aromatic carbocycles. The molecule has 0 saturated carbocycles. The lowest BCUT2D eigenvalue weighted by Gasteiger charge is -2.40. The Morgan fingerprint density at radius 2 is 2.16 bits per heavy atom. The number of hydrogen-bond donors (Lipinski definition) is 0. The summed E-state index contributed by atoms with van der Waals surface area (Å²) in [6, 6.07) is 10.1. The molecule has 104 valence electrons. The molecule has 2 saturated heterocycles. The molecule has 6 heteroatoms. The molecule has 19 heavy (non-hydrogen) atoms. The molecule has 4 nitrogen and oxygen atoms in total. The Morgan fingerprint density at radius 1 is 1.37 bits per heavy atom. The number of rotatable bonds is 2. The van der Waals surface area contributed by atoms with Crippen LogP contribution in [0.4, 0.5) is 4.20 Å². The predicted octanol–water partition coefficient (Wildman–Crippen LogP) is 3.00. The fourth-order valence-electron chi connectivity index (χ4n) is 2.70. The van der Waals surface area contributed by atoms with Crippen LogP contribution in [0.3, 0.4) is 0 Å². The second-order valence-electron chi connectivity index (χ2n) is 5.14. The van der Waals surface area contributed by atoms with Crippen LogP contribution in [0.1, 0.15) is 12.0 Å². The van der Waals surface area contributed by atoms with E-state index in [2.05, 4.69) is 21.6 Å². The largest absolute Gasteiger partial charge is 0.513 e. The zero-order valence-corrected chi connectivity index (χ0v) is 11.5. The Labute approximate surface area is 112 Å². The maximum Gasteiger partial charge on any atom is 0.513 e.